The first-order valence-corrected chi connectivity index (χ1v) is 17.6. The van der Waals surface area contributed by atoms with Gasteiger partial charge in [-0.05, 0) is 75.6 Å². The van der Waals surface area contributed by atoms with Gasteiger partial charge in [0.2, 0.25) is 0 Å². The number of benzene rings is 4. The van der Waals surface area contributed by atoms with Crippen LogP contribution in [0.5, 0.6) is 46.0 Å². The third-order valence-corrected chi connectivity index (χ3v) is 10.3. The SMILES string of the molecule is OCCCC1c2cc(c(O)cc2O)C(CCCO)c2cc(c(O)cc2O)C(CCCO)c2cc(c(O)cc2O)C(CCCO)c2cc1c(O)cc2O. The minimum absolute atomic E-state index is 0.199. The molecule has 0 atom stereocenters. The molecular formula is C40H48O12. The summed E-state index contributed by atoms with van der Waals surface area (Å²) >= 11 is 0. The Bertz CT molecular complexity index is 1500. The van der Waals surface area contributed by atoms with Crippen LogP contribution in [0.4, 0.5) is 0 Å². The van der Waals surface area contributed by atoms with E-state index in [1.165, 1.54) is 0 Å². The first-order valence-electron chi connectivity index (χ1n) is 17.6. The van der Waals surface area contributed by atoms with Crippen LogP contribution in [0.1, 0.15) is 120 Å². The van der Waals surface area contributed by atoms with Crippen molar-refractivity contribution in [1.29, 1.82) is 0 Å². The van der Waals surface area contributed by atoms with Crippen molar-refractivity contribution in [1.82, 2.24) is 0 Å². The monoisotopic (exact) mass is 720 g/mol. The number of aliphatic hydroxyl groups excluding tert-OH is 4. The zero-order chi connectivity index (χ0) is 37.7. The molecule has 0 saturated carbocycles. The summed E-state index contributed by atoms with van der Waals surface area (Å²) in [7, 11) is 0. The van der Waals surface area contributed by atoms with Crippen molar-refractivity contribution in [3.8, 4) is 46.0 Å². The second-order valence-electron chi connectivity index (χ2n) is 13.6. The highest BCUT2D eigenvalue weighted by atomic mass is 16.3. The zero-order valence-electron chi connectivity index (χ0n) is 28.8. The van der Waals surface area contributed by atoms with Crippen LogP contribution in [0.15, 0.2) is 48.5 Å². The molecule has 5 rings (SSSR count). The molecule has 0 fully saturated rings. The lowest BCUT2D eigenvalue weighted by molar-refractivity contribution is 0.280. The maximum Gasteiger partial charge on any atom is 0.123 e. The van der Waals surface area contributed by atoms with E-state index in [9.17, 15) is 61.3 Å². The predicted molar refractivity (Wildman–Crippen MR) is 192 cm³/mol. The molecule has 0 saturated heterocycles. The number of rotatable bonds is 12. The quantitative estimate of drug-likeness (QED) is 0.0897. The molecule has 4 aromatic rings. The van der Waals surface area contributed by atoms with E-state index >= 15 is 0 Å². The van der Waals surface area contributed by atoms with E-state index in [0.717, 1.165) is 24.3 Å². The van der Waals surface area contributed by atoms with Crippen LogP contribution < -0.4 is 0 Å². The highest BCUT2D eigenvalue weighted by molar-refractivity contribution is 5.62. The van der Waals surface area contributed by atoms with Crippen LogP contribution in [0.25, 0.3) is 0 Å². The number of phenolic OH excluding ortho intramolecular Hbond substituents is 8. The number of hydrogen-bond acceptors (Lipinski definition) is 12. The summed E-state index contributed by atoms with van der Waals surface area (Å²) in [5, 5.41) is 130. The normalized spacial score (nSPS) is 18.4. The molecule has 4 aromatic carbocycles. The molecule has 0 amide bonds. The Labute approximate surface area is 301 Å². The smallest absolute Gasteiger partial charge is 0.123 e. The van der Waals surface area contributed by atoms with Gasteiger partial charge in [-0.25, -0.2) is 0 Å². The van der Waals surface area contributed by atoms with E-state index < -0.39 is 23.7 Å². The lowest BCUT2D eigenvalue weighted by Gasteiger charge is -2.29. The molecule has 12 nitrogen and oxygen atoms in total. The van der Waals surface area contributed by atoms with Crippen molar-refractivity contribution in [2.45, 2.75) is 75.0 Å². The number of aromatic hydroxyl groups is 8. The van der Waals surface area contributed by atoms with Crippen LogP contribution in [0.2, 0.25) is 0 Å². The Balaban J connectivity index is 1.95. The van der Waals surface area contributed by atoms with Crippen molar-refractivity contribution < 1.29 is 61.3 Å². The number of hydrogen-bond donors (Lipinski definition) is 12. The molecule has 8 bridgehead atoms. The summed E-state index contributed by atoms with van der Waals surface area (Å²) in [4.78, 5) is 0. The Morgan fingerprint density at radius 2 is 0.423 bits per heavy atom. The number of fused-ring (bicyclic) bond motifs is 8. The third kappa shape index (κ3) is 7.65. The Morgan fingerprint density at radius 3 is 0.558 bits per heavy atom. The first kappa shape index (κ1) is 38.4. The summed E-state index contributed by atoms with van der Waals surface area (Å²) < 4.78 is 0. The highest BCUT2D eigenvalue weighted by Gasteiger charge is 2.33. The summed E-state index contributed by atoms with van der Waals surface area (Å²) in [6.07, 6.45) is 1.73. The zero-order valence-corrected chi connectivity index (χ0v) is 28.8. The molecule has 0 aliphatic heterocycles. The van der Waals surface area contributed by atoms with Crippen LogP contribution in [0, 0.1) is 0 Å². The highest BCUT2D eigenvalue weighted by Crippen LogP contribution is 2.52. The second-order valence-corrected chi connectivity index (χ2v) is 13.6. The molecule has 280 valence electrons. The average Bonchev–Trinajstić information content (AvgIpc) is 3.09. The van der Waals surface area contributed by atoms with E-state index in [2.05, 4.69) is 0 Å². The Hall–Kier alpha value is -4.88. The molecule has 0 unspecified atom stereocenters. The lowest BCUT2D eigenvalue weighted by atomic mass is 9.76. The number of aliphatic hydroxyl groups is 4. The average molecular weight is 721 g/mol. The molecular weight excluding hydrogens is 672 g/mol. The topological polar surface area (TPSA) is 243 Å². The summed E-state index contributed by atoms with van der Waals surface area (Å²) in [5.41, 5.74) is 2.08. The largest absolute Gasteiger partial charge is 0.508 e. The van der Waals surface area contributed by atoms with Crippen molar-refractivity contribution in [3.63, 3.8) is 0 Å². The van der Waals surface area contributed by atoms with Crippen molar-refractivity contribution >= 4 is 0 Å². The van der Waals surface area contributed by atoms with Crippen molar-refractivity contribution in [2.75, 3.05) is 26.4 Å². The molecule has 0 radical (unpaired) electrons. The van der Waals surface area contributed by atoms with Gasteiger partial charge in [-0.1, -0.05) is 0 Å². The lowest BCUT2D eigenvalue weighted by Crippen LogP contribution is -2.12. The van der Waals surface area contributed by atoms with E-state index in [-0.39, 0.29) is 168 Å². The fraction of sp³-hybridized carbons (Fsp3) is 0.400. The minimum Gasteiger partial charge on any atom is -0.508 e. The van der Waals surface area contributed by atoms with E-state index in [1.807, 2.05) is 0 Å². The maximum atomic E-state index is 11.3. The molecule has 0 heterocycles. The van der Waals surface area contributed by atoms with Gasteiger partial charge in [-0.3, -0.25) is 0 Å². The van der Waals surface area contributed by atoms with Crippen molar-refractivity contribution in [3.05, 3.63) is 93.0 Å². The Kier molecular flexibility index (Phi) is 12.3. The van der Waals surface area contributed by atoms with E-state index in [0.29, 0.717) is 0 Å². The van der Waals surface area contributed by atoms with Gasteiger partial charge in [0.1, 0.15) is 46.0 Å². The third-order valence-electron chi connectivity index (χ3n) is 10.3. The summed E-state index contributed by atoms with van der Waals surface area (Å²) in [5.74, 6) is -5.83. The molecule has 52 heavy (non-hydrogen) atoms. The molecule has 0 spiro atoms. The summed E-state index contributed by atoms with van der Waals surface area (Å²) in [6.45, 7) is -0.897. The molecule has 1 aliphatic rings. The minimum atomic E-state index is -0.813. The number of phenols is 8. The van der Waals surface area contributed by atoms with Crippen LogP contribution in [-0.4, -0.2) is 87.7 Å². The fourth-order valence-corrected chi connectivity index (χ4v) is 7.77. The van der Waals surface area contributed by atoms with Crippen molar-refractivity contribution in [2.24, 2.45) is 0 Å². The maximum absolute atomic E-state index is 11.3. The van der Waals surface area contributed by atoms with E-state index in [4.69, 9.17) is 0 Å². The van der Waals surface area contributed by atoms with E-state index in [1.54, 1.807) is 24.3 Å². The molecule has 1 aliphatic carbocycles. The van der Waals surface area contributed by atoms with Gasteiger partial charge in [0, 0.05) is 119 Å². The van der Waals surface area contributed by atoms with Gasteiger partial charge in [-0.2, -0.15) is 0 Å². The van der Waals surface area contributed by atoms with Crippen LogP contribution in [-0.2, 0) is 0 Å². The van der Waals surface area contributed by atoms with Crippen LogP contribution >= 0.6 is 0 Å². The first-order chi connectivity index (χ1) is 24.9. The molecule has 12 heteroatoms. The van der Waals surface area contributed by atoms with Gasteiger partial charge < -0.3 is 61.3 Å². The van der Waals surface area contributed by atoms with Crippen LogP contribution in [0.3, 0.4) is 0 Å². The van der Waals surface area contributed by atoms with Gasteiger partial charge in [-0.15, -0.1) is 0 Å². The second kappa shape index (κ2) is 16.6. The van der Waals surface area contributed by atoms with Gasteiger partial charge in [0.05, 0.1) is 0 Å². The molecule has 0 aromatic heterocycles. The Morgan fingerprint density at radius 1 is 0.269 bits per heavy atom. The fourth-order valence-electron chi connectivity index (χ4n) is 7.77. The standard InChI is InChI=1S/C40H48O12/c41-9-1-5-21-25-13-27(35(47)17-33(25)45)22(6-2-10-42)29-15-31(39(51)19-37(29)49)24(8-4-12-44)32-16-30(38(50)20-40(32)52)23(7-3-11-43)28-14-26(21)34(46)18-36(28)48/h13-24,41-52H,1-12H2. The molecule has 12 N–H and O–H groups in total. The van der Waals surface area contributed by atoms with Gasteiger partial charge >= 0.3 is 0 Å². The predicted octanol–water partition coefficient (Wildman–Crippen LogP) is 5.26. The van der Waals surface area contributed by atoms with Gasteiger partial charge in [0.15, 0.2) is 0 Å². The van der Waals surface area contributed by atoms with Gasteiger partial charge in [0.25, 0.3) is 0 Å². The summed E-state index contributed by atoms with van der Waals surface area (Å²) in [6, 6.07) is 10.8.